The number of aromatic nitrogens is 2. The second kappa shape index (κ2) is 4.98. The zero-order chi connectivity index (χ0) is 15.1. The first kappa shape index (κ1) is 15.2. The Hall–Kier alpha value is -1.17. The highest BCUT2D eigenvalue weighted by Crippen LogP contribution is 2.34. The molecule has 0 aliphatic carbocycles. The highest BCUT2D eigenvalue weighted by molar-refractivity contribution is 5.32. The third kappa shape index (κ3) is 3.11. The van der Waals surface area contributed by atoms with Crippen LogP contribution in [0.4, 0.5) is 14.6 Å². The molecule has 1 aromatic heterocycles. The van der Waals surface area contributed by atoms with E-state index in [4.69, 9.17) is 5.73 Å². The van der Waals surface area contributed by atoms with Crippen LogP contribution in [0.15, 0.2) is 6.07 Å². The van der Waals surface area contributed by atoms with Crippen molar-refractivity contribution in [2.75, 3.05) is 25.9 Å². The Bertz CT molecular complexity index is 476. The van der Waals surface area contributed by atoms with Crippen molar-refractivity contribution in [2.45, 2.75) is 45.1 Å². The van der Waals surface area contributed by atoms with Crippen LogP contribution in [0.25, 0.3) is 0 Å². The summed E-state index contributed by atoms with van der Waals surface area (Å²) in [4.78, 5) is 1.68. The molecule has 0 saturated carbocycles. The predicted octanol–water partition coefficient (Wildman–Crippen LogP) is 2.35. The Labute approximate surface area is 118 Å². The van der Waals surface area contributed by atoms with Crippen LogP contribution >= 0.6 is 0 Å². The van der Waals surface area contributed by atoms with E-state index in [1.807, 2.05) is 20.8 Å². The highest BCUT2D eigenvalue weighted by Gasteiger charge is 2.44. The number of piperidine rings is 1. The normalized spacial score (nSPS) is 24.0. The van der Waals surface area contributed by atoms with E-state index in [1.54, 1.807) is 22.7 Å². The molecule has 1 aliphatic rings. The summed E-state index contributed by atoms with van der Waals surface area (Å²) in [5.74, 6) is -2.96. The van der Waals surface area contributed by atoms with E-state index < -0.39 is 11.8 Å². The molecule has 2 rings (SSSR count). The molecule has 20 heavy (non-hydrogen) atoms. The quantitative estimate of drug-likeness (QED) is 0.908. The molecule has 6 heteroatoms. The largest absolute Gasteiger partial charge is 0.382 e. The lowest BCUT2D eigenvalue weighted by atomic mass is 9.90. The predicted molar refractivity (Wildman–Crippen MR) is 75.9 cm³/mol. The van der Waals surface area contributed by atoms with Crippen molar-refractivity contribution in [3.8, 4) is 0 Å². The standard InChI is InChI=1S/C14H24F2N4/c1-13(2,3)11-7-12(17)18-20(11)8-10-5-6-19(4)9-14(10,15)16/h7,10H,5-6,8-9H2,1-4H3,(H2,17,18). The summed E-state index contributed by atoms with van der Waals surface area (Å²) in [5.41, 5.74) is 6.49. The van der Waals surface area contributed by atoms with Crippen LogP contribution in [-0.4, -0.2) is 40.7 Å². The number of likely N-dealkylation sites (tertiary alicyclic amines) is 1. The average molecular weight is 286 g/mol. The van der Waals surface area contributed by atoms with Gasteiger partial charge in [0, 0.05) is 29.6 Å². The van der Waals surface area contributed by atoms with Crippen LogP contribution in [0, 0.1) is 5.92 Å². The highest BCUT2D eigenvalue weighted by atomic mass is 19.3. The molecule has 1 atom stereocenters. The van der Waals surface area contributed by atoms with Crippen LogP contribution in [0.2, 0.25) is 0 Å². The molecule has 2 heterocycles. The molecular weight excluding hydrogens is 262 g/mol. The van der Waals surface area contributed by atoms with Gasteiger partial charge in [-0.1, -0.05) is 20.8 Å². The molecule has 114 valence electrons. The van der Waals surface area contributed by atoms with Gasteiger partial charge in [-0.15, -0.1) is 0 Å². The number of alkyl halides is 2. The second-order valence-electron chi connectivity index (χ2n) is 6.87. The lowest BCUT2D eigenvalue weighted by Gasteiger charge is -2.37. The van der Waals surface area contributed by atoms with Gasteiger partial charge < -0.3 is 10.6 Å². The number of nitrogens with two attached hydrogens (primary N) is 1. The molecule has 0 amide bonds. The fraction of sp³-hybridized carbons (Fsp3) is 0.786. The summed E-state index contributed by atoms with van der Waals surface area (Å²) < 4.78 is 29.9. The number of nitrogens with zero attached hydrogens (tertiary/aromatic N) is 3. The number of anilines is 1. The average Bonchev–Trinajstić information content (AvgIpc) is 2.62. The SMILES string of the molecule is CN1CCC(Cn2nc(N)cc2C(C)(C)C)C(F)(F)C1. The Balaban J connectivity index is 2.22. The molecule has 0 aromatic carbocycles. The molecule has 0 spiro atoms. The number of halogens is 2. The summed E-state index contributed by atoms with van der Waals surface area (Å²) in [7, 11) is 1.73. The molecule has 0 bridgehead atoms. The van der Waals surface area contributed by atoms with E-state index in [0.717, 1.165) is 5.69 Å². The summed E-state index contributed by atoms with van der Waals surface area (Å²) in [6.07, 6.45) is 0.479. The lowest BCUT2D eigenvalue weighted by molar-refractivity contribution is -0.111. The fourth-order valence-corrected chi connectivity index (χ4v) is 2.77. The van der Waals surface area contributed by atoms with Crippen molar-refractivity contribution in [1.82, 2.24) is 14.7 Å². The monoisotopic (exact) mass is 286 g/mol. The van der Waals surface area contributed by atoms with Crippen LogP contribution in [0.5, 0.6) is 0 Å². The summed E-state index contributed by atoms with van der Waals surface area (Å²) in [5, 5.41) is 4.20. The molecule has 0 radical (unpaired) electrons. The van der Waals surface area contributed by atoms with Gasteiger partial charge in [-0.2, -0.15) is 5.10 Å². The molecule has 1 unspecified atom stereocenters. The van der Waals surface area contributed by atoms with Gasteiger partial charge >= 0.3 is 0 Å². The van der Waals surface area contributed by atoms with E-state index in [9.17, 15) is 8.78 Å². The van der Waals surface area contributed by atoms with Crippen LogP contribution in [0.3, 0.4) is 0 Å². The summed E-state index contributed by atoms with van der Waals surface area (Å²) in [6.45, 7) is 6.85. The summed E-state index contributed by atoms with van der Waals surface area (Å²) in [6, 6.07) is 1.78. The first-order chi connectivity index (χ1) is 9.09. The van der Waals surface area contributed by atoms with E-state index >= 15 is 0 Å². The number of nitrogen functional groups attached to an aromatic ring is 1. The first-order valence-electron chi connectivity index (χ1n) is 7.00. The van der Waals surface area contributed by atoms with Gasteiger partial charge in [0.2, 0.25) is 0 Å². The van der Waals surface area contributed by atoms with Gasteiger partial charge in [-0.3, -0.25) is 4.68 Å². The van der Waals surface area contributed by atoms with Crippen molar-refractivity contribution in [1.29, 1.82) is 0 Å². The Kier molecular flexibility index (Phi) is 3.79. The van der Waals surface area contributed by atoms with E-state index in [2.05, 4.69) is 5.10 Å². The smallest absolute Gasteiger partial charge is 0.265 e. The summed E-state index contributed by atoms with van der Waals surface area (Å²) >= 11 is 0. The fourth-order valence-electron chi connectivity index (χ4n) is 2.77. The lowest BCUT2D eigenvalue weighted by Crippen LogP contribution is -2.48. The van der Waals surface area contributed by atoms with Gasteiger partial charge in [-0.05, 0) is 20.0 Å². The third-order valence-electron chi connectivity index (χ3n) is 3.90. The number of hydrogen-bond donors (Lipinski definition) is 1. The van der Waals surface area contributed by atoms with Crippen molar-refractivity contribution in [2.24, 2.45) is 5.92 Å². The third-order valence-corrected chi connectivity index (χ3v) is 3.90. The number of hydrogen-bond acceptors (Lipinski definition) is 3. The molecule has 4 nitrogen and oxygen atoms in total. The second-order valence-corrected chi connectivity index (χ2v) is 6.87. The zero-order valence-corrected chi connectivity index (χ0v) is 12.7. The van der Waals surface area contributed by atoms with Crippen molar-refractivity contribution < 1.29 is 8.78 Å². The van der Waals surface area contributed by atoms with Gasteiger partial charge in [0.05, 0.1) is 6.54 Å². The minimum absolute atomic E-state index is 0.161. The molecule has 2 N–H and O–H groups in total. The van der Waals surface area contributed by atoms with Crippen molar-refractivity contribution in [3.63, 3.8) is 0 Å². The Morgan fingerprint density at radius 1 is 1.45 bits per heavy atom. The van der Waals surface area contributed by atoms with Crippen molar-refractivity contribution in [3.05, 3.63) is 11.8 Å². The Morgan fingerprint density at radius 2 is 2.10 bits per heavy atom. The van der Waals surface area contributed by atoms with E-state index in [-0.39, 0.29) is 18.5 Å². The molecular formula is C14H24F2N4. The van der Waals surface area contributed by atoms with Crippen LogP contribution in [0.1, 0.15) is 32.9 Å². The van der Waals surface area contributed by atoms with Crippen LogP contribution in [-0.2, 0) is 12.0 Å². The van der Waals surface area contributed by atoms with Gasteiger partial charge in [-0.25, -0.2) is 8.78 Å². The van der Waals surface area contributed by atoms with Crippen molar-refractivity contribution >= 4 is 5.82 Å². The van der Waals surface area contributed by atoms with E-state index in [1.165, 1.54) is 0 Å². The molecule has 1 fully saturated rings. The van der Waals surface area contributed by atoms with Crippen LogP contribution < -0.4 is 5.73 Å². The maximum Gasteiger partial charge on any atom is 0.265 e. The first-order valence-corrected chi connectivity index (χ1v) is 7.00. The van der Waals surface area contributed by atoms with Gasteiger partial charge in [0.25, 0.3) is 5.92 Å². The van der Waals surface area contributed by atoms with Gasteiger partial charge in [0.15, 0.2) is 0 Å². The molecule has 1 aliphatic heterocycles. The number of rotatable bonds is 2. The van der Waals surface area contributed by atoms with Gasteiger partial charge in [0.1, 0.15) is 5.82 Å². The Morgan fingerprint density at radius 3 is 2.65 bits per heavy atom. The molecule has 1 saturated heterocycles. The van der Waals surface area contributed by atoms with E-state index in [0.29, 0.717) is 18.8 Å². The zero-order valence-electron chi connectivity index (χ0n) is 12.7. The minimum atomic E-state index is -2.68. The minimum Gasteiger partial charge on any atom is -0.382 e. The maximum atomic E-state index is 14.1. The maximum absolute atomic E-state index is 14.1. The topological polar surface area (TPSA) is 47.1 Å². The molecule has 1 aromatic rings.